The molecule has 0 saturated carbocycles. The van der Waals surface area contributed by atoms with Gasteiger partial charge in [-0.2, -0.15) is 0 Å². The van der Waals surface area contributed by atoms with E-state index in [9.17, 15) is 0 Å². The van der Waals surface area contributed by atoms with Gasteiger partial charge in [-0.15, -0.1) is 0 Å². The minimum atomic E-state index is 0.836. The molecule has 0 aliphatic heterocycles. The van der Waals surface area contributed by atoms with Gasteiger partial charge in [0.05, 0.1) is 0 Å². The zero-order valence-electron chi connectivity index (χ0n) is 10.9. The molecule has 0 spiro atoms. The lowest BCUT2D eigenvalue weighted by atomic mass is 10.2. The SMILES string of the molecule is C=CCn1c[n+](Cc2ccccc2)c2ccccc21. The number of benzene rings is 2. The van der Waals surface area contributed by atoms with Crippen molar-refractivity contribution in [2.75, 3.05) is 0 Å². The first-order valence-corrected chi connectivity index (χ1v) is 6.50. The van der Waals surface area contributed by atoms with Crippen LogP contribution >= 0.6 is 0 Å². The second-order valence-corrected chi connectivity index (χ2v) is 4.66. The van der Waals surface area contributed by atoms with Gasteiger partial charge in [-0.3, -0.25) is 0 Å². The molecule has 0 fully saturated rings. The summed E-state index contributed by atoms with van der Waals surface area (Å²) in [5, 5.41) is 0. The summed E-state index contributed by atoms with van der Waals surface area (Å²) in [5.41, 5.74) is 3.82. The predicted molar refractivity (Wildman–Crippen MR) is 77.9 cm³/mol. The Balaban J connectivity index is 2.06. The molecule has 0 aliphatic rings. The van der Waals surface area contributed by atoms with Crippen molar-refractivity contribution in [3.05, 3.63) is 79.1 Å². The quantitative estimate of drug-likeness (QED) is 0.496. The summed E-state index contributed by atoms with van der Waals surface area (Å²) in [6, 6.07) is 19.0. The van der Waals surface area contributed by atoms with E-state index in [1.807, 2.05) is 6.08 Å². The van der Waals surface area contributed by atoms with E-state index in [1.54, 1.807) is 0 Å². The second kappa shape index (κ2) is 5.11. The molecule has 94 valence electrons. The fourth-order valence-electron chi connectivity index (χ4n) is 2.43. The summed E-state index contributed by atoms with van der Waals surface area (Å²) < 4.78 is 4.51. The summed E-state index contributed by atoms with van der Waals surface area (Å²) in [6.07, 6.45) is 4.10. The van der Waals surface area contributed by atoms with Gasteiger partial charge in [0, 0.05) is 0 Å². The molecule has 0 unspecified atom stereocenters. The van der Waals surface area contributed by atoms with Crippen LogP contribution in [0, 0.1) is 0 Å². The molecule has 0 N–H and O–H groups in total. The molecule has 2 nitrogen and oxygen atoms in total. The monoisotopic (exact) mass is 249 g/mol. The van der Waals surface area contributed by atoms with Gasteiger partial charge in [0.1, 0.15) is 13.1 Å². The van der Waals surface area contributed by atoms with E-state index in [-0.39, 0.29) is 0 Å². The highest BCUT2D eigenvalue weighted by molar-refractivity contribution is 5.71. The van der Waals surface area contributed by atoms with Crippen molar-refractivity contribution >= 4 is 11.0 Å². The van der Waals surface area contributed by atoms with Crippen LogP contribution in [0.2, 0.25) is 0 Å². The summed E-state index contributed by atoms with van der Waals surface area (Å²) in [5.74, 6) is 0. The van der Waals surface area contributed by atoms with Gasteiger partial charge < -0.3 is 0 Å². The fraction of sp³-hybridized carbons (Fsp3) is 0.118. The van der Waals surface area contributed by atoms with Crippen molar-refractivity contribution in [1.82, 2.24) is 4.57 Å². The predicted octanol–water partition coefficient (Wildman–Crippen LogP) is 3.16. The highest BCUT2D eigenvalue weighted by Crippen LogP contribution is 2.11. The largest absolute Gasteiger partial charge is 0.245 e. The summed E-state index contributed by atoms with van der Waals surface area (Å²) in [7, 11) is 0. The van der Waals surface area contributed by atoms with Crippen molar-refractivity contribution in [3.63, 3.8) is 0 Å². The number of rotatable bonds is 4. The van der Waals surface area contributed by atoms with E-state index < -0.39 is 0 Å². The van der Waals surface area contributed by atoms with Gasteiger partial charge in [-0.05, 0) is 17.7 Å². The van der Waals surface area contributed by atoms with Crippen molar-refractivity contribution < 1.29 is 4.57 Å². The molecule has 0 bridgehead atoms. The Bertz CT molecular complexity index is 696. The van der Waals surface area contributed by atoms with Crippen LogP contribution in [0.4, 0.5) is 0 Å². The molecule has 0 aliphatic carbocycles. The Labute approximate surface area is 113 Å². The number of allylic oxidation sites excluding steroid dienone is 1. The van der Waals surface area contributed by atoms with Crippen molar-refractivity contribution in [1.29, 1.82) is 0 Å². The second-order valence-electron chi connectivity index (χ2n) is 4.66. The number of nitrogens with zero attached hydrogens (tertiary/aromatic N) is 2. The highest BCUT2D eigenvalue weighted by Gasteiger charge is 2.13. The Morgan fingerprint density at radius 1 is 1.00 bits per heavy atom. The molecule has 3 aromatic rings. The molecular formula is C17H17N2+. The molecule has 1 aromatic heterocycles. The lowest BCUT2D eigenvalue weighted by molar-refractivity contribution is -0.663. The molecule has 0 atom stereocenters. The standard InChI is InChI=1S/C17H17N2/c1-2-12-18-14-19(13-15-8-4-3-5-9-15)17-11-7-6-10-16(17)18/h2-11,14H,1,12-13H2/q+1. The average Bonchev–Trinajstić information content (AvgIpc) is 2.79. The number of imidazole rings is 1. The van der Waals surface area contributed by atoms with Gasteiger partial charge >= 0.3 is 0 Å². The zero-order chi connectivity index (χ0) is 13.1. The number of hydrogen-bond donors (Lipinski definition) is 0. The van der Waals surface area contributed by atoms with Gasteiger partial charge in [-0.1, -0.05) is 55.1 Å². The summed E-state index contributed by atoms with van der Waals surface area (Å²) in [6.45, 7) is 5.56. The van der Waals surface area contributed by atoms with E-state index in [1.165, 1.54) is 16.6 Å². The van der Waals surface area contributed by atoms with Crippen LogP contribution in [-0.4, -0.2) is 4.57 Å². The lowest BCUT2D eigenvalue weighted by Gasteiger charge is -1.97. The third-order valence-electron chi connectivity index (χ3n) is 3.30. The Morgan fingerprint density at radius 3 is 2.53 bits per heavy atom. The third kappa shape index (κ3) is 2.29. The van der Waals surface area contributed by atoms with Crippen LogP contribution in [0.25, 0.3) is 11.0 Å². The maximum atomic E-state index is 3.83. The number of para-hydroxylation sites is 2. The summed E-state index contributed by atoms with van der Waals surface area (Å²) >= 11 is 0. The van der Waals surface area contributed by atoms with Crippen molar-refractivity contribution in [3.8, 4) is 0 Å². The van der Waals surface area contributed by atoms with Gasteiger partial charge in [-0.25, -0.2) is 9.13 Å². The highest BCUT2D eigenvalue weighted by atomic mass is 15.1. The normalized spacial score (nSPS) is 10.7. The number of fused-ring (bicyclic) bond motifs is 1. The van der Waals surface area contributed by atoms with E-state index in [0.29, 0.717) is 0 Å². The van der Waals surface area contributed by atoms with Crippen LogP contribution in [-0.2, 0) is 13.1 Å². The first kappa shape index (κ1) is 11.7. The van der Waals surface area contributed by atoms with E-state index in [0.717, 1.165) is 13.1 Å². The minimum absolute atomic E-state index is 0.836. The van der Waals surface area contributed by atoms with Crippen LogP contribution in [0.15, 0.2) is 73.6 Å². The van der Waals surface area contributed by atoms with Gasteiger partial charge in [0.15, 0.2) is 11.0 Å². The number of aromatic nitrogens is 2. The van der Waals surface area contributed by atoms with Gasteiger partial charge in [0.25, 0.3) is 0 Å². The summed E-state index contributed by atoms with van der Waals surface area (Å²) in [4.78, 5) is 0. The molecule has 19 heavy (non-hydrogen) atoms. The van der Waals surface area contributed by atoms with E-state index in [4.69, 9.17) is 0 Å². The first-order chi connectivity index (χ1) is 9.38. The maximum Gasteiger partial charge on any atom is 0.245 e. The fourth-order valence-corrected chi connectivity index (χ4v) is 2.43. The Kier molecular flexibility index (Phi) is 3.15. The lowest BCUT2D eigenvalue weighted by Crippen LogP contribution is -2.32. The maximum absolute atomic E-state index is 3.83. The molecular weight excluding hydrogens is 232 g/mol. The van der Waals surface area contributed by atoms with Crippen LogP contribution in [0.5, 0.6) is 0 Å². The minimum Gasteiger partial charge on any atom is -0.226 e. The van der Waals surface area contributed by atoms with E-state index >= 15 is 0 Å². The third-order valence-corrected chi connectivity index (χ3v) is 3.30. The van der Waals surface area contributed by atoms with Crippen LogP contribution in [0.1, 0.15) is 5.56 Å². The topological polar surface area (TPSA) is 8.81 Å². The average molecular weight is 249 g/mol. The molecule has 1 heterocycles. The molecule has 0 amide bonds. The van der Waals surface area contributed by atoms with Crippen molar-refractivity contribution in [2.24, 2.45) is 0 Å². The molecule has 0 saturated heterocycles. The van der Waals surface area contributed by atoms with E-state index in [2.05, 4.69) is 76.6 Å². The van der Waals surface area contributed by atoms with Gasteiger partial charge in [0.2, 0.25) is 6.33 Å². The Morgan fingerprint density at radius 2 is 1.74 bits per heavy atom. The smallest absolute Gasteiger partial charge is 0.226 e. The molecule has 0 radical (unpaired) electrons. The zero-order valence-corrected chi connectivity index (χ0v) is 10.9. The Hall–Kier alpha value is -2.35. The molecule has 2 heteroatoms. The number of hydrogen-bond acceptors (Lipinski definition) is 0. The first-order valence-electron chi connectivity index (χ1n) is 6.50. The molecule has 3 rings (SSSR count). The van der Waals surface area contributed by atoms with Crippen molar-refractivity contribution in [2.45, 2.75) is 13.1 Å². The van der Waals surface area contributed by atoms with Crippen LogP contribution in [0.3, 0.4) is 0 Å². The molecule has 2 aromatic carbocycles. The van der Waals surface area contributed by atoms with Crippen LogP contribution < -0.4 is 4.57 Å².